The molecule has 0 aliphatic heterocycles. The van der Waals surface area contributed by atoms with Crippen LogP contribution < -0.4 is 14.8 Å². The molecule has 3 aromatic carbocycles. The van der Waals surface area contributed by atoms with Crippen molar-refractivity contribution in [3.63, 3.8) is 0 Å². The van der Waals surface area contributed by atoms with E-state index in [-0.39, 0.29) is 11.7 Å². The molecule has 0 bridgehead atoms. The average Bonchev–Trinajstić information content (AvgIpc) is 3.31. The van der Waals surface area contributed by atoms with Gasteiger partial charge in [0, 0.05) is 23.4 Å². The zero-order valence-electron chi connectivity index (χ0n) is 19.3. The number of anilines is 1. The molecule has 0 spiro atoms. The number of ether oxygens (including phenoxy) is 2. The second-order valence-corrected chi connectivity index (χ2v) is 8.34. The quantitative estimate of drug-likeness (QED) is 0.328. The Labute approximate surface area is 203 Å². The van der Waals surface area contributed by atoms with Crippen LogP contribution in [0.2, 0.25) is 0 Å². The van der Waals surface area contributed by atoms with Crippen LogP contribution in [0, 0.1) is 0 Å². The summed E-state index contributed by atoms with van der Waals surface area (Å²) in [5, 5.41) is 12.3. The second kappa shape index (κ2) is 10.9. The molecule has 4 aromatic rings. The van der Waals surface area contributed by atoms with Gasteiger partial charge in [0.25, 0.3) is 0 Å². The highest BCUT2D eigenvalue weighted by Gasteiger charge is 2.15. The summed E-state index contributed by atoms with van der Waals surface area (Å²) < 4.78 is 12.8. The van der Waals surface area contributed by atoms with Gasteiger partial charge in [0.15, 0.2) is 11.0 Å². The number of rotatable bonds is 9. The van der Waals surface area contributed by atoms with Crippen LogP contribution in [0.1, 0.15) is 6.92 Å². The third-order valence-electron chi connectivity index (χ3n) is 5.28. The van der Waals surface area contributed by atoms with Gasteiger partial charge >= 0.3 is 0 Å². The number of hydrogen-bond acceptors (Lipinski definition) is 6. The monoisotopic (exact) mass is 474 g/mol. The maximum Gasteiger partial charge on any atom is 0.234 e. The Kier molecular flexibility index (Phi) is 7.49. The first-order valence-corrected chi connectivity index (χ1v) is 11.8. The first-order valence-electron chi connectivity index (χ1n) is 10.9. The molecule has 34 heavy (non-hydrogen) atoms. The molecule has 174 valence electrons. The summed E-state index contributed by atoms with van der Waals surface area (Å²) in [6.45, 7) is 2.75. The minimum Gasteiger partial charge on any atom is -0.497 e. The molecular weight excluding hydrogens is 448 g/mol. The van der Waals surface area contributed by atoms with Gasteiger partial charge in [-0.2, -0.15) is 0 Å². The molecule has 7 nitrogen and oxygen atoms in total. The number of nitrogens with zero attached hydrogens (tertiary/aromatic N) is 3. The molecule has 0 atom stereocenters. The van der Waals surface area contributed by atoms with Crippen LogP contribution in [0.5, 0.6) is 11.5 Å². The summed E-state index contributed by atoms with van der Waals surface area (Å²) >= 11 is 1.37. The summed E-state index contributed by atoms with van der Waals surface area (Å²) in [7, 11) is 3.26. The predicted octanol–water partition coefficient (Wildman–Crippen LogP) is 5.38. The lowest BCUT2D eigenvalue weighted by Crippen LogP contribution is -2.14. The first kappa shape index (κ1) is 23.4. The van der Waals surface area contributed by atoms with Gasteiger partial charge in [-0.1, -0.05) is 54.2 Å². The maximum absolute atomic E-state index is 12.7. The van der Waals surface area contributed by atoms with E-state index in [0.717, 1.165) is 34.0 Å². The number of aromatic nitrogens is 3. The zero-order chi connectivity index (χ0) is 23.9. The van der Waals surface area contributed by atoms with E-state index in [1.54, 1.807) is 14.2 Å². The Morgan fingerprint density at radius 3 is 2.38 bits per heavy atom. The highest BCUT2D eigenvalue weighted by atomic mass is 32.2. The average molecular weight is 475 g/mol. The van der Waals surface area contributed by atoms with E-state index in [4.69, 9.17) is 9.47 Å². The fourth-order valence-corrected chi connectivity index (χ4v) is 4.39. The minimum absolute atomic E-state index is 0.122. The lowest BCUT2D eigenvalue weighted by Gasteiger charge is -2.12. The van der Waals surface area contributed by atoms with Crippen LogP contribution in [0.3, 0.4) is 0 Å². The van der Waals surface area contributed by atoms with Gasteiger partial charge in [-0.05, 0) is 42.8 Å². The first-order chi connectivity index (χ1) is 16.6. The molecule has 1 N–H and O–H groups in total. The minimum atomic E-state index is -0.122. The summed E-state index contributed by atoms with van der Waals surface area (Å²) in [6, 6.07) is 23.2. The Morgan fingerprint density at radius 1 is 0.941 bits per heavy atom. The molecule has 4 rings (SSSR count). The van der Waals surface area contributed by atoms with Crippen molar-refractivity contribution in [3.8, 4) is 34.0 Å². The fraction of sp³-hybridized carbons (Fsp3) is 0.192. The van der Waals surface area contributed by atoms with Gasteiger partial charge in [0.2, 0.25) is 5.91 Å². The number of carbonyl (C=O) groups is 1. The van der Waals surface area contributed by atoms with Crippen LogP contribution in [0.15, 0.2) is 78.0 Å². The summed E-state index contributed by atoms with van der Waals surface area (Å²) in [5.74, 6) is 2.39. The zero-order valence-corrected chi connectivity index (χ0v) is 20.1. The molecule has 1 amide bonds. The molecular formula is C26H26N4O3S. The van der Waals surface area contributed by atoms with E-state index in [9.17, 15) is 4.79 Å². The Balaban J connectivity index is 1.46. The molecule has 0 radical (unpaired) electrons. The Bertz CT molecular complexity index is 1260. The van der Waals surface area contributed by atoms with E-state index >= 15 is 0 Å². The summed E-state index contributed by atoms with van der Waals surface area (Å²) in [6.07, 6.45) is 0. The molecule has 0 aliphatic rings. The van der Waals surface area contributed by atoms with Gasteiger partial charge in [0.05, 0.1) is 20.0 Å². The fourth-order valence-electron chi connectivity index (χ4n) is 3.59. The van der Waals surface area contributed by atoms with Gasteiger partial charge in [-0.15, -0.1) is 10.2 Å². The van der Waals surface area contributed by atoms with E-state index < -0.39 is 0 Å². The van der Waals surface area contributed by atoms with E-state index in [1.165, 1.54) is 11.8 Å². The van der Waals surface area contributed by atoms with E-state index in [2.05, 4.69) is 15.5 Å². The molecule has 0 saturated carbocycles. The van der Waals surface area contributed by atoms with Crippen molar-refractivity contribution >= 4 is 23.4 Å². The van der Waals surface area contributed by atoms with Crippen molar-refractivity contribution in [2.24, 2.45) is 0 Å². The van der Waals surface area contributed by atoms with Crippen LogP contribution >= 0.6 is 11.8 Å². The SMILES string of the molecule is CCn1c(SCC(=O)Nc2ccc(OC)c(-c3ccc(OC)cc3)c2)nnc1-c1ccccc1. The lowest BCUT2D eigenvalue weighted by atomic mass is 10.0. The number of benzene rings is 3. The third-order valence-corrected chi connectivity index (χ3v) is 6.25. The standard InChI is InChI=1S/C26H26N4O3S/c1-4-30-25(19-8-6-5-7-9-19)28-29-26(30)34-17-24(31)27-20-12-15-23(33-3)22(16-20)18-10-13-21(32-2)14-11-18/h5-16H,4,17H2,1-3H3,(H,27,31). The van der Waals surface area contributed by atoms with Gasteiger partial charge in [0.1, 0.15) is 11.5 Å². The molecule has 0 aliphatic carbocycles. The van der Waals surface area contributed by atoms with Gasteiger partial charge in [-0.25, -0.2) is 0 Å². The van der Waals surface area contributed by atoms with Crippen LogP contribution in [-0.2, 0) is 11.3 Å². The molecule has 0 fully saturated rings. The number of methoxy groups -OCH3 is 2. The summed E-state index contributed by atoms with van der Waals surface area (Å²) in [4.78, 5) is 12.7. The molecule has 0 saturated heterocycles. The van der Waals surface area contributed by atoms with Crippen molar-refractivity contribution < 1.29 is 14.3 Å². The van der Waals surface area contributed by atoms with Crippen molar-refractivity contribution in [3.05, 3.63) is 72.8 Å². The van der Waals surface area contributed by atoms with E-state index in [1.807, 2.05) is 84.3 Å². The Hall–Kier alpha value is -3.78. The molecule has 8 heteroatoms. The van der Waals surface area contributed by atoms with Crippen molar-refractivity contribution in [1.29, 1.82) is 0 Å². The predicted molar refractivity (Wildman–Crippen MR) is 135 cm³/mol. The number of thioether (sulfide) groups is 1. The number of carbonyl (C=O) groups excluding carboxylic acids is 1. The van der Waals surface area contributed by atoms with Crippen LogP contribution in [-0.4, -0.2) is 40.6 Å². The van der Waals surface area contributed by atoms with Gasteiger partial charge in [-0.3, -0.25) is 4.79 Å². The highest BCUT2D eigenvalue weighted by molar-refractivity contribution is 7.99. The third kappa shape index (κ3) is 5.23. The second-order valence-electron chi connectivity index (χ2n) is 7.40. The maximum atomic E-state index is 12.7. The van der Waals surface area contributed by atoms with Crippen molar-refractivity contribution in [1.82, 2.24) is 14.8 Å². The number of nitrogens with one attached hydrogen (secondary N) is 1. The number of amides is 1. The highest BCUT2D eigenvalue weighted by Crippen LogP contribution is 2.33. The van der Waals surface area contributed by atoms with Crippen molar-refractivity contribution in [2.75, 3.05) is 25.3 Å². The lowest BCUT2D eigenvalue weighted by molar-refractivity contribution is -0.113. The smallest absolute Gasteiger partial charge is 0.234 e. The normalized spacial score (nSPS) is 10.7. The largest absolute Gasteiger partial charge is 0.497 e. The van der Waals surface area contributed by atoms with Crippen LogP contribution in [0.4, 0.5) is 5.69 Å². The van der Waals surface area contributed by atoms with E-state index in [0.29, 0.717) is 17.4 Å². The Morgan fingerprint density at radius 2 is 1.71 bits per heavy atom. The molecule has 1 heterocycles. The molecule has 1 aromatic heterocycles. The molecule has 0 unspecified atom stereocenters. The topological polar surface area (TPSA) is 78.3 Å². The van der Waals surface area contributed by atoms with Crippen molar-refractivity contribution in [2.45, 2.75) is 18.6 Å². The summed E-state index contributed by atoms with van der Waals surface area (Å²) in [5.41, 5.74) is 3.54. The van der Waals surface area contributed by atoms with Gasteiger partial charge < -0.3 is 19.4 Å². The van der Waals surface area contributed by atoms with Crippen LogP contribution in [0.25, 0.3) is 22.5 Å². The number of hydrogen-bond donors (Lipinski definition) is 1.